The number of nitrogens with one attached hydrogen (secondary N) is 1. The van der Waals surface area contributed by atoms with E-state index in [4.69, 9.17) is 10.5 Å². The molecule has 3 N–H and O–H groups in total. The molecule has 0 amide bonds. The zero-order chi connectivity index (χ0) is 12.7. The molecule has 0 heterocycles. The van der Waals surface area contributed by atoms with E-state index in [0.717, 1.165) is 37.4 Å². The third kappa shape index (κ3) is 5.09. The SMILES string of the molecule is Cc1cccc(N)c1NCCCCOC(C)C. The average molecular weight is 236 g/mol. The first-order chi connectivity index (χ1) is 8.11. The molecule has 0 saturated carbocycles. The van der Waals surface area contributed by atoms with Crippen molar-refractivity contribution >= 4 is 11.4 Å². The third-order valence-electron chi connectivity index (χ3n) is 2.63. The van der Waals surface area contributed by atoms with Gasteiger partial charge in [0, 0.05) is 13.2 Å². The second-order valence-corrected chi connectivity index (χ2v) is 4.59. The van der Waals surface area contributed by atoms with E-state index in [1.165, 1.54) is 5.56 Å². The van der Waals surface area contributed by atoms with Gasteiger partial charge in [-0.2, -0.15) is 0 Å². The lowest BCUT2D eigenvalue weighted by molar-refractivity contribution is 0.0765. The molecule has 3 heteroatoms. The Bertz CT molecular complexity index is 317. The van der Waals surface area contributed by atoms with E-state index in [-0.39, 0.29) is 0 Å². The quantitative estimate of drug-likeness (QED) is 0.564. The van der Waals surface area contributed by atoms with Crippen LogP contribution in [0.4, 0.5) is 11.4 Å². The zero-order valence-corrected chi connectivity index (χ0v) is 11.1. The number of unbranched alkanes of at least 4 members (excludes halogenated alkanes) is 1. The van der Waals surface area contributed by atoms with Gasteiger partial charge in [0.15, 0.2) is 0 Å². The van der Waals surface area contributed by atoms with E-state index in [1.54, 1.807) is 0 Å². The summed E-state index contributed by atoms with van der Waals surface area (Å²) in [6.07, 6.45) is 2.51. The predicted molar refractivity (Wildman–Crippen MR) is 74.4 cm³/mol. The molecule has 0 aromatic heterocycles. The van der Waals surface area contributed by atoms with Crippen LogP contribution in [0.3, 0.4) is 0 Å². The maximum atomic E-state index is 5.91. The minimum atomic E-state index is 0.329. The van der Waals surface area contributed by atoms with Crippen molar-refractivity contribution in [3.05, 3.63) is 23.8 Å². The highest BCUT2D eigenvalue weighted by atomic mass is 16.5. The lowest BCUT2D eigenvalue weighted by Gasteiger charge is -2.12. The second-order valence-electron chi connectivity index (χ2n) is 4.59. The molecule has 1 rings (SSSR count). The smallest absolute Gasteiger partial charge is 0.0603 e. The summed E-state index contributed by atoms with van der Waals surface area (Å²) in [5, 5.41) is 3.39. The molecule has 0 atom stereocenters. The van der Waals surface area contributed by atoms with Crippen molar-refractivity contribution in [1.82, 2.24) is 0 Å². The van der Waals surface area contributed by atoms with Crippen molar-refractivity contribution in [2.24, 2.45) is 0 Å². The van der Waals surface area contributed by atoms with Crippen LogP contribution in [0.15, 0.2) is 18.2 Å². The van der Waals surface area contributed by atoms with Crippen LogP contribution >= 0.6 is 0 Å². The molecule has 1 aromatic rings. The normalized spacial score (nSPS) is 10.8. The number of benzene rings is 1. The summed E-state index contributed by atoms with van der Waals surface area (Å²) in [5.41, 5.74) is 9.00. The van der Waals surface area contributed by atoms with Gasteiger partial charge in [0.25, 0.3) is 0 Å². The van der Waals surface area contributed by atoms with Crippen LogP contribution < -0.4 is 11.1 Å². The van der Waals surface area contributed by atoms with E-state index in [0.29, 0.717) is 6.10 Å². The van der Waals surface area contributed by atoms with Gasteiger partial charge in [0.1, 0.15) is 0 Å². The van der Waals surface area contributed by atoms with Crippen molar-refractivity contribution in [2.75, 3.05) is 24.2 Å². The Morgan fingerprint density at radius 2 is 2.06 bits per heavy atom. The first-order valence-electron chi connectivity index (χ1n) is 6.32. The Hall–Kier alpha value is -1.22. The van der Waals surface area contributed by atoms with E-state index in [1.807, 2.05) is 12.1 Å². The maximum absolute atomic E-state index is 5.91. The number of nitrogens with two attached hydrogens (primary N) is 1. The van der Waals surface area contributed by atoms with Crippen LogP contribution in [-0.4, -0.2) is 19.3 Å². The number of nitrogen functional groups attached to an aromatic ring is 1. The highest BCUT2D eigenvalue weighted by molar-refractivity contribution is 5.69. The molecule has 1 aromatic carbocycles. The molecule has 3 nitrogen and oxygen atoms in total. The van der Waals surface area contributed by atoms with Crippen LogP contribution in [0.25, 0.3) is 0 Å². The molecular weight excluding hydrogens is 212 g/mol. The molecule has 0 aliphatic carbocycles. The van der Waals surface area contributed by atoms with Gasteiger partial charge in [0.2, 0.25) is 0 Å². The summed E-state index contributed by atoms with van der Waals surface area (Å²) >= 11 is 0. The molecule has 0 aliphatic rings. The largest absolute Gasteiger partial charge is 0.397 e. The van der Waals surface area contributed by atoms with Gasteiger partial charge in [0.05, 0.1) is 17.5 Å². The summed E-state index contributed by atoms with van der Waals surface area (Å²) in [4.78, 5) is 0. The van der Waals surface area contributed by atoms with Crippen molar-refractivity contribution < 1.29 is 4.74 Å². The van der Waals surface area contributed by atoms with E-state index in [2.05, 4.69) is 32.2 Å². The topological polar surface area (TPSA) is 47.3 Å². The Morgan fingerprint density at radius 1 is 1.29 bits per heavy atom. The van der Waals surface area contributed by atoms with Crippen LogP contribution in [0.5, 0.6) is 0 Å². The first kappa shape index (κ1) is 13.8. The summed E-state index contributed by atoms with van der Waals surface area (Å²) in [6, 6.07) is 5.98. The summed E-state index contributed by atoms with van der Waals surface area (Å²) in [5.74, 6) is 0. The van der Waals surface area contributed by atoms with Crippen LogP contribution in [-0.2, 0) is 4.74 Å². The van der Waals surface area contributed by atoms with Gasteiger partial charge in [-0.1, -0.05) is 12.1 Å². The third-order valence-corrected chi connectivity index (χ3v) is 2.63. The molecule has 0 unspecified atom stereocenters. The minimum Gasteiger partial charge on any atom is -0.397 e. The summed E-state index contributed by atoms with van der Waals surface area (Å²) in [7, 11) is 0. The van der Waals surface area contributed by atoms with Crippen LogP contribution in [0, 0.1) is 6.92 Å². The van der Waals surface area contributed by atoms with Gasteiger partial charge in [-0.3, -0.25) is 0 Å². The molecule has 0 bridgehead atoms. The first-order valence-corrected chi connectivity index (χ1v) is 6.32. The van der Waals surface area contributed by atoms with Crippen molar-refractivity contribution in [3.8, 4) is 0 Å². The number of hydrogen-bond acceptors (Lipinski definition) is 3. The molecule has 96 valence electrons. The monoisotopic (exact) mass is 236 g/mol. The number of anilines is 2. The number of ether oxygens (including phenoxy) is 1. The fourth-order valence-corrected chi connectivity index (χ4v) is 1.69. The Kier molecular flexibility index (Phi) is 5.84. The summed E-state index contributed by atoms with van der Waals surface area (Å²) in [6.45, 7) is 7.97. The lowest BCUT2D eigenvalue weighted by Crippen LogP contribution is -2.08. The van der Waals surface area contributed by atoms with Gasteiger partial charge in [-0.15, -0.1) is 0 Å². The fourth-order valence-electron chi connectivity index (χ4n) is 1.69. The van der Waals surface area contributed by atoms with Gasteiger partial charge in [-0.05, 0) is 45.2 Å². The number of hydrogen-bond donors (Lipinski definition) is 2. The molecule has 0 spiro atoms. The molecule has 17 heavy (non-hydrogen) atoms. The number of para-hydroxylation sites is 1. The zero-order valence-electron chi connectivity index (χ0n) is 11.1. The van der Waals surface area contributed by atoms with Crippen molar-refractivity contribution in [1.29, 1.82) is 0 Å². The van der Waals surface area contributed by atoms with Gasteiger partial charge in [-0.25, -0.2) is 0 Å². The summed E-state index contributed by atoms with van der Waals surface area (Å²) < 4.78 is 5.49. The molecule has 0 fully saturated rings. The fraction of sp³-hybridized carbons (Fsp3) is 0.571. The molecule has 0 aliphatic heterocycles. The van der Waals surface area contributed by atoms with Crippen molar-refractivity contribution in [3.63, 3.8) is 0 Å². The lowest BCUT2D eigenvalue weighted by atomic mass is 10.1. The standard InChI is InChI=1S/C14H24N2O/c1-11(2)17-10-5-4-9-16-14-12(3)7-6-8-13(14)15/h6-8,11,16H,4-5,9-10,15H2,1-3H3. The Labute approximate surface area is 104 Å². The molecule has 0 radical (unpaired) electrons. The highest BCUT2D eigenvalue weighted by Crippen LogP contribution is 2.22. The van der Waals surface area contributed by atoms with E-state index >= 15 is 0 Å². The average Bonchev–Trinajstić information content (AvgIpc) is 2.26. The van der Waals surface area contributed by atoms with Gasteiger partial charge < -0.3 is 15.8 Å². The predicted octanol–water partition coefficient (Wildman–Crippen LogP) is 3.19. The minimum absolute atomic E-state index is 0.329. The number of rotatable bonds is 7. The van der Waals surface area contributed by atoms with Crippen LogP contribution in [0.1, 0.15) is 32.3 Å². The molecule has 0 saturated heterocycles. The Morgan fingerprint density at radius 3 is 2.71 bits per heavy atom. The highest BCUT2D eigenvalue weighted by Gasteiger charge is 2.01. The number of aryl methyl sites for hydroxylation is 1. The Balaban J connectivity index is 2.22. The molecular formula is C14H24N2O. The van der Waals surface area contributed by atoms with Crippen molar-refractivity contribution in [2.45, 2.75) is 39.7 Å². The van der Waals surface area contributed by atoms with Gasteiger partial charge >= 0.3 is 0 Å². The van der Waals surface area contributed by atoms with E-state index < -0.39 is 0 Å². The second kappa shape index (κ2) is 7.17. The maximum Gasteiger partial charge on any atom is 0.0603 e. The van der Waals surface area contributed by atoms with E-state index in [9.17, 15) is 0 Å². The van der Waals surface area contributed by atoms with Crippen LogP contribution in [0.2, 0.25) is 0 Å².